The zero-order valence-corrected chi connectivity index (χ0v) is 16.4. The molecule has 0 spiro atoms. The first kappa shape index (κ1) is 19.8. The quantitative estimate of drug-likeness (QED) is 0.443. The molecule has 7 nitrogen and oxygen atoms in total. The molecule has 2 N–H and O–H groups in total. The maximum absolute atomic E-state index is 12.1. The Labute approximate surface area is 169 Å². The molecule has 3 rings (SSSR count). The first-order chi connectivity index (χ1) is 13.5. The third kappa shape index (κ3) is 4.85. The highest BCUT2D eigenvalue weighted by atomic mass is 35.5. The molecule has 28 heavy (non-hydrogen) atoms. The van der Waals surface area contributed by atoms with Crippen LogP contribution >= 0.6 is 22.9 Å². The lowest BCUT2D eigenvalue weighted by Crippen LogP contribution is -2.13. The largest absolute Gasteiger partial charge is 0.464 e. The molecular weight excluding hydrogens is 402 g/mol. The predicted octanol–water partition coefficient (Wildman–Crippen LogP) is 4.18. The second-order valence-electron chi connectivity index (χ2n) is 5.81. The lowest BCUT2D eigenvalue weighted by atomic mass is 10.1. The third-order valence-electron chi connectivity index (χ3n) is 3.88. The van der Waals surface area contributed by atoms with E-state index < -0.39 is 5.97 Å². The molecule has 0 unspecified atom stereocenters. The highest BCUT2D eigenvalue weighted by molar-refractivity contribution is 7.14. The van der Waals surface area contributed by atoms with Gasteiger partial charge in [0.25, 0.3) is 0 Å². The molecule has 0 radical (unpaired) electrons. The highest BCUT2D eigenvalue weighted by Crippen LogP contribution is 2.26. The molecule has 0 atom stereocenters. The van der Waals surface area contributed by atoms with Crippen LogP contribution in [0.15, 0.2) is 41.9 Å². The summed E-state index contributed by atoms with van der Waals surface area (Å²) in [4.78, 5) is 42.8. The van der Waals surface area contributed by atoms with E-state index in [0.717, 1.165) is 0 Å². The van der Waals surface area contributed by atoms with Crippen molar-refractivity contribution in [1.29, 1.82) is 0 Å². The standard InChI is InChI=1S/C19H16ClN3O4S/c1-27-18(26)14-8-12(9-21-14)15-10-28-19(22-15)23-17(25)7-6-16(24)11-2-4-13(20)5-3-11/h2-5,8-10,21H,6-7H2,1H3,(H,22,23,25). The fraction of sp³-hybridized carbons (Fsp3) is 0.158. The predicted molar refractivity (Wildman–Crippen MR) is 107 cm³/mol. The van der Waals surface area contributed by atoms with Crippen LogP contribution in [0.25, 0.3) is 11.3 Å². The van der Waals surface area contributed by atoms with Gasteiger partial charge in [0, 0.05) is 40.6 Å². The van der Waals surface area contributed by atoms with Crippen molar-refractivity contribution in [3.63, 3.8) is 0 Å². The van der Waals surface area contributed by atoms with Gasteiger partial charge in [-0.05, 0) is 30.3 Å². The number of hydrogen-bond donors (Lipinski definition) is 2. The fourth-order valence-electron chi connectivity index (χ4n) is 2.42. The number of thiazole rings is 1. The molecule has 9 heteroatoms. The summed E-state index contributed by atoms with van der Waals surface area (Å²) in [5.74, 6) is -0.901. The van der Waals surface area contributed by atoms with Crippen molar-refractivity contribution < 1.29 is 19.1 Å². The van der Waals surface area contributed by atoms with Crippen LogP contribution in [0.3, 0.4) is 0 Å². The van der Waals surface area contributed by atoms with Gasteiger partial charge in [-0.25, -0.2) is 9.78 Å². The first-order valence-electron chi connectivity index (χ1n) is 8.27. The number of benzene rings is 1. The molecule has 0 saturated carbocycles. The number of ether oxygens (including phenoxy) is 1. The number of methoxy groups -OCH3 is 1. The van der Waals surface area contributed by atoms with Crippen molar-refractivity contribution in [2.24, 2.45) is 0 Å². The number of aromatic nitrogens is 2. The van der Waals surface area contributed by atoms with Gasteiger partial charge in [0.1, 0.15) is 5.69 Å². The Bertz CT molecular complexity index is 1010. The number of rotatable bonds is 7. The Hall–Kier alpha value is -2.97. The minimum absolute atomic E-state index is 0.0486. The SMILES string of the molecule is COC(=O)c1cc(-c2csc(NC(=O)CCC(=O)c3ccc(Cl)cc3)n2)c[nH]1. The Morgan fingerprint density at radius 1 is 1.21 bits per heavy atom. The van der Waals surface area contributed by atoms with Gasteiger partial charge in [-0.15, -0.1) is 11.3 Å². The summed E-state index contributed by atoms with van der Waals surface area (Å²) in [5, 5.41) is 5.41. The second-order valence-corrected chi connectivity index (χ2v) is 7.10. The molecule has 1 amide bonds. The van der Waals surface area contributed by atoms with Crippen LogP contribution in [0.4, 0.5) is 5.13 Å². The topological polar surface area (TPSA) is 101 Å². The molecule has 0 bridgehead atoms. The van der Waals surface area contributed by atoms with Crippen LogP contribution in [0.1, 0.15) is 33.7 Å². The summed E-state index contributed by atoms with van der Waals surface area (Å²) in [6.07, 6.45) is 1.77. The van der Waals surface area contributed by atoms with E-state index in [1.54, 1.807) is 41.9 Å². The maximum atomic E-state index is 12.1. The number of ketones is 1. The van der Waals surface area contributed by atoms with Crippen LogP contribution in [-0.4, -0.2) is 34.7 Å². The summed E-state index contributed by atoms with van der Waals surface area (Å²) in [6, 6.07) is 8.17. The number of nitrogens with zero attached hydrogens (tertiary/aromatic N) is 1. The maximum Gasteiger partial charge on any atom is 0.354 e. The number of Topliss-reactive ketones (excluding diaryl/α,β-unsaturated/α-hetero) is 1. The molecule has 2 aromatic heterocycles. The van der Waals surface area contributed by atoms with Crippen LogP contribution in [-0.2, 0) is 9.53 Å². The summed E-state index contributed by atoms with van der Waals surface area (Å²) in [5.41, 5.74) is 2.15. The van der Waals surface area contributed by atoms with E-state index >= 15 is 0 Å². The normalized spacial score (nSPS) is 10.5. The number of H-pyrrole nitrogens is 1. The van der Waals surface area contributed by atoms with Gasteiger partial charge < -0.3 is 15.0 Å². The summed E-state index contributed by atoms with van der Waals surface area (Å²) >= 11 is 7.05. The van der Waals surface area contributed by atoms with E-state index in [0.29, 0.717) is 32.7 Å². The van der Waals surface area contributed by atoms with Gasteiger partial charge in [0.2, 0.25) is 5.91 Å². The molecule has 2 heterocycles. The molecule has 3 aromatic rings. The molecule has 0 aliphatic heterocycles. The summed E-state index contributed by atoms with van der Waals surface area (Å²) < 4.78 is 4.65. The minimum atomic E-state index is -0.472. The van der Waals surface area contributed by atoms with Crippen LogP contribution < -0.4 is 5.32 Å². The van der Waals surface area contributed by atoms with Crippen molar-refractivity contribution in [3.8, 4) is 11.3 Å². The van der Waals surface area contributed by atoms with E-state index in [2.05, 4.69) is 20.0 Å². The smallest absolute Gasteiger partial charge is 0.354 e. The average Bonchev–Trinajstić information content (AvgIpc) is 3.35. The molecule has 0 fully saturated rings. The highest BCUT2D eigenvalue weighted by Gasteiger charge is 2.14. The number of amides is 1. The van der Waals surface area contributed by atoms with Crippen LogP contribution in [0.5, 0.6) is 0 Å². The van der Waals surface area contributed by atoms with Gasteiger partial charge in [-0.1, -0.05) is 11.6 Å². The molecule has 0 aliphatic rings. The van der Waals surface area contributed by atoms with Crippen LogP contribution in [0.2, 0.25) is 5.02 Å². The molecule has 0 saturated heterocycles. The van der Waals surface area contributed by atoms with Crippen molar-refractivity contribution in [3.05, 3.63) is 58.2 Å². The second kappa shape index (κ2) is 8.81. The number of nitrogens with one attached hydrogen (secondary N) is 2. The lowest BCUT2D eigenvalue weighted by molar-refractivity contribution is -0.116. The fourth-order valence-corrected chi connectivity index (χ4v) is 3.28. The van der Waals surface area contributed by atoms with E-state index in [4.69, 9.17) is 11.6 Å². The van der Waals surface area contributed by atoms with Crippen LogP contribution in [0, 0.1) is 0 Å². The molecule has 1 aromatic carbocycles. The van der Waals surface area contributed by atoms with E-state index in [1.807, 2.05) is 0 Å². The van der Waals surface area contributed by atoms with Crippen molar-refractivity contribution in [2.75, 3.05) is 12.4 Å². The Kier molecular flexibility index (Phi) is 6.23. The minimum Gasteiger partial charge on any atom is -0.464 e. The lowest BCUT2D eigenvalue weighted by Gasteiger charge is -2.02. The van der Waals surface area contributed by atoms with Crippen molar-refractivity contribution in [2.45, 2.75) is 12.8 Å². The van der Waals surface area contributed by atoms with Gasteiger partial charge in [-0.3, -0.25) is 9.59 Å². The third-order valence-corrected chi connectivity index (χ3v) is 4.89. The number of carbonyl (C=O) groups excluding carboxylic acids is 3. The number of carbonyl (C=O) groups is 3. The zero-order valence-electron chi connectivity index (χ0n) is 14.8. The number of anilines is 1. The van der Waals surface area contributed by atoms with Gasteiger partial charge in [0.05, 0.1) is 12.8 Å². The Balaban J connectivity index is 1.55. The van der Waals surface area contributed by atoms with Crippen molar-refractivity contribution >= 4 is 45.7 Å². The molecular formula is C19H16ClN3O4S. The number of hydrogen-bond acceptors (Lipinski definition) is 6. The van der Waals surface area contributed by atoms with E-state index in [-0.39, 0.29) is 24.5 Å². The van der Waals surface area contributed by atoms with Gasteiger partial charge in [0.15, 0.2) is 10.9 Å². The van der Waals surface area contributed by atoms with Gasteiger partial charge in [-0.2, -0.15) is 0 Å². The number of halogens is 1. The van der Waals surface area contributed by atoms with E-state index in [9.17, 15) is 14.4 Å². The Morgan fingerprint density at radius 2 is 1.96 bits per heavy atom. The monoisotopic (exact) mass is 417 g/mol. The molecule has 144 valence electrons. The Morgan fingerprint density at radius 3 is 2.68 bits per heavy atom. The number of esters is 1. The first-order valence-corrected chi connectivity index (χ1v) is 9.53. The van der Waals surface area contributed by atoms with E-state index in [1.165, 1.54) is 18.4 Å². The summed E-state index contributed by atoms with van der Waals surface area (Å²) in [7, 11) is 1.30. The number of aromatic amines is 1. The average molecular weight is 418 g/mol. The van der Waals surface area contributed by atoms with Gasteiger partial charge >= 0.3 is 5.97 Å². The molecule has 0 aliphatic carbocycles. The zero-order chi connectivity index (χ0) is 20.1. The van der Waals surface area contributed by atoms with Crippen molar-refractivity contribution in [1.82, 2.24) is 9.97 Å². The summed E-state index contributed by atoms with van der Waals surface area (Å²) in [6.45, 7) is 0.